The summed E-state index contributed by atoms with van der Waals surface area (Å²) in [6.07, 6.45) is 5.77. The van der Waals surface area contributed by atoms with Crippen LogP contribution in [-0.2, 0) is 11.3 Å². The van der Waals surface area contributed by atoms with Crippen molar-refractivity contribution in [1.29, 1.82) is 0 Å². The van der Waals surface area contributed by atoms with E-state index in [1.807, 2.05) is 32.0 Å². The van der Waals surface area contributed by atoms with Crippen molar-refractivity contribution in [3.63, 3.8) is 0 Å². The van der Waals surface area contributed by atoms with E-state index in [2.05, 4.69) is 27.2 Å². The number of hydrogen-bond acceptors (Lipinski definition) is 3. The first kappa shape index (κ1) is 17.5. The van der Waals surface area contributed by atoms with Crippen molar-refractivity contribution in [3.05, 3.63) is 28.2 Å². The zero-order chi connectivity index (χ0) is 15.8. The molecule has 4 nitrogen and oxygen atoms in total. The number of ether oxygens (including phenoxy) is 1. The van der Waals surface area contributed by atoms with E-state index in [0.717, 1.165) is 10.0 Å². The summed E-state index contributed by atoms with van der Waals surface area (Å²) in [6, 6.07) is 4.99. The molecule has 0 amide bonds. The van der Waals surface area contributed by atoms with E-state index in [1.165, 1.54) is 0 Å². The Bertz CT molecular complexity index is 523. The van der Waals surface area contributed by atoms with Gasteiger partial charge in [0.1, 0.15) is 18.4 Å². The molecule has 5 heteroatoms. The summed E-state index contributed by atoms with van der Waals surface area (Å²) in [5.41, 5.74) is 0.870. The van der Waals surface area contributed by atoms with E-state index in [0.29, 0.717) is 24.6 Å². The number of aliphatic carboxylic acids is 1. The number of benzene rings is 1. The van der Waals surface area contributed by atoms with E-state index in [9.17, 15) is 9.90 Å². The van der Waals surface area contributed by atoms with Gasteiger partial charge in [-0.25, -0.2) is 0 Å². The van der Waals surface area contributed by atoms with Crippen molar-refractivity contribution < 1.29 is 14.6 Å². The van der Waals surface area contributed by atoms with E-state index in [-0.39, 0.29) is 6.61 Å². The second-order valence-electron chi connectivity index (χ2n) is 5.15. The Morgan fingerprint density at radius 3 is 2.81 bits per heavy atom. The molecule has 0 bridgehead atoms. The molecule has 0 heterocycles. The molecule has 0 saturated heterocycles. The molecule has 1 aromatic rings. The molecule has 0 aliphatic rings. The average Bonchev–Trinajstić information content (AvgIpc) is 2.41. The molecular weight excluding hydrogens is 334 g/mol. The maximum atomic E-state index is 11.3. The summed E-state index contributed by atoms with van der Waals surface area (Å²) in [6.45, 7) is 4.59. The number of nitrogens with one attached hydrogen (secondary N) is 1. The van der Waals surface area contributed by atoms with E-state index < -0.39 is 12.0 Å². The quantitative estimate of drug-likeness (QED) is 0.705. The smallest absolute Gasteiger partial charge is 0.320 e. The largest absolute Gasteiger partial charge is 0.481 e. The molecule has 0 spiro atoms. The van der Waals surface area contributed by atoms with Crippen molar-refractivity contribution in [3.8, 4) is 18.1 Å². The lowest BCUT2D eigenvalue weighted by atomic mass is 10.0. The third-order valence-corrected chi connectivity index (χ3v) is 3.37. The number of carboxylic acid groups (broad SMARTS) is 1. The zero-order valence-corrected chi connectivity index (χ0v) is 13.8. The van der Waals surface area contributed by atoms with Crippen molar-refractivity contribution in [1.82, 2.24) is 5.32 Å². The van der Waals surface area contributed by atoms with Crippen LogP contribution in [0.15, 0.2) is 22.7 Å². The molecule has 0 aliphatic carbocycles. The van der Waals surface area contributed by atoms with Crippen LogP contribution in [0.1, 0.15) is 25.8 Å². The van der Waals surface area contributed by atoms with Crippen LogP contribution in [0.2, 0.25) is 0 Å². The molecule has 0 aromatic heterocycles. The highest BCUT2D eigenvalue weighted by Gasteiger charge is 2.18. The summed E-state index contributed by atoms with van der Waals surface area (Å²) >= 11 is 3.40. The maximum Gasteiger partial charge on any atom is 0.320 e. The Morgan fingerprint density at radius 2 is 2.24 bits per heavy atom. The maximum absolute atomic E-state index is 11.3. The van der Waals surface area contributed by atoms with Crippen LogP contribution < -0.4 is 10.1 Å². The Morgan fingerprint density at radius 1 is 1.52 bits per heavy atom. The van der Waals surface area contributed by atoms with Crippen molar-refractivity contribution in [2.24, 2.45) is 5.92 Å². The number of rotatable bonds is 8. The normalized spacial score (nSPS) is 12.0. The van der Waals surface area contributed by atoms with Crippen LogP contribution in [0.3, 0.4) is 0 Å². The first-order valence-corrected chi connectivity index (χ1v) is 7.54. The minimum absolute atomic E-state index is 0.184. The minimum Gasteiger partial charge on any atom is -0.481 e. The van der Waals surface area contributed by atoms with Gasteiger partial charge in [0.15, 0.2) is 0 Å². The van der Waals surface area contributed by atoms with Crippen LogP contribution in [0.5, 0.6) is 5.75 Å². The van der Waals surface area contributed by atoms with Gasteiger partial charge in [0, 0.05) is 16.6 Å². The van der Waals surface area contributed by atoms with Gasteiger partial charge >= 0.3 is 5.97 Å². The fourth-order valence-corrected chi connectivity index (χ4v) is 2.33. The van der Waals surface area contributed by atoms with E-state index in [1.54, 1.807) is 0 Å². The van der Waals surface area contributed by atoms with Gasteiger partial charge in [-0.2, -0.15) is 0 Å². The average molecular weight is 354 g/mol. The predicted molar refractivity (Wildman–Crippen MR) is 86.2 cm³/mol. The molecule has 1 aromatic carbocycles. The standard InChI is InChI=1S/C16H20BrNO3/c1-4-7-21-15-6-5-13(17)9-12(15)10-18-14(16(19)20)8-11(2)3/h1,5-6,9,11,14,18H,7-8,10H2,2-3H3,(H,19,20). The van der Waals surface area contributed by atoms with Crippen LogP contribution in [-0.4, -0.2) is 23.7 Å². The molecular formula is C16H20BrNO3. The molecule has 114 valence electrons. The molecule has 21 heavy (non-hydrogen) atoms. The molecule has 1 atom stereocenters. The van der Waals surface area contributed by atoms with Gasteiger partial charge in [-0.3, -0.25) is 4.79 Å². The Hall–Kier alpha value is -1.51. The van der Waals surface area contributed by atoms with Crippen LogP contribution in [0.4, 0.5) is 0 Å². The molecule has 1 rings (SSSR count). The fraction of sp³-hybridized carbons (Fsp3) is 0.438. The van der Waals surface area contributed by atoms with Crippen molar-refractivity contribution >= 4 is 21.9 Å². The molecule has 0 radical (unpaired) electrons. The second kappa shape index (κ2) is 8.71. The third kappa shape index (κ3) is 6.19. The summed E-state index contributed by atoms with van der Waals surface area (Å²) in [5, 5.41) is 12.3. The second-order valence-corrected chi connectivity index (χ2v) is 6.06. The fourth-order valence-electron chi connectivity index (χ4n) is 1.92. The number of hydrogen-bond donors (Lipinski definition) is 2. The van der Waals surface area contributed by atoms with E-state index in [4.69, 9.17) is 11.2 Å². The lowest BCUT2D eigenvalue weighted by molar-refractivity contribution is -0.140. The highest BCUT2D eigenvalue weighted by atomic mass is 79.9. The summed E-state index contributed by atoms with van der Waals surface area (Å²) in [4.78, 5) is 11.3. The Kier molecular flexibility index (Phi) is 7.27. The van der Waals surface area contributed by atoms with Gasteiger partial charge in [-0.05, 0) is 30.5 Å². The van der Waals surface area contributed by atoms with Gasteiger partial charge in [0.25, 0.3) is 0 Å². The number of halogens is 1. The third-order valence-electron chi connectivity index (χ3n) is 2.88. The number of carboxylic acids is 1. The first-order valence-electron chi connectivity index (χ1n) is 6.75. The number of terminal acetylenes is 1. The summed E-state index contributed by atoms with van der Waals surface area (Å²) in [7, 11) is 0. The lowest BCUT2D eigenvalue weighted by Crippen LogP contribution is -2.37. The minimum atomic E-state index is -0.843. The molecule has 0 aliphatic heterocycles. The van der Waals surface area contributed by atoms with Gasteiger partial charge in [0.2, 0.25) is 0 Å². The van der Waals surface area contributed by atoms with Gasteiger partial charge in [0.05, 0.1) is 0 Å². The number of carbonyl (C=O) groups is 1. The zero-order valence-electron chi connectivity index (χ0n) is 12.2. The van der Waals surface area contributed by atoms with Gasteiger partial charge < -0.3 is 15.2 Å². The summed E-state index contributed by atoms with van der Waals surface area (Å²) < 4.78 is 6.38. The Labute approximate surface area is 134 Å². The van der Waals surface area contributed by atoms with Crippen LogP contribution >= 0.6 is 15.9 Å². The highest BCUT2D eigenvalue weighted by Crippen LogP contribution is 2.23. The lowest BCUT2D eigenvalue weighted by Gasteiger charge is -2.18. The first-order chi connectivity index (χ1) is 9.93. The SMILES string of the molecule is C#CCOc1ccc(Br)cc1CNC(CC(C)C)C(=O)O. The Balaban J connectivity index is 2.78. The topological polar surface area (TPSA) is 58.6 Å². The van der Waals surface area contributed by atoms with Gasteiger partial charge in [-0.1, -0.05) is 35.7 Å². The van der Waals surface area contributed by atoms with Crippen molar-refractivity contribution in [2.75, 3.05) is 6.61 Å². The molecule has 1 unspecified atom stereocenters. The molecule has 0 saturated carbocycles. The van der Waals surface area contributed by atoms with Crippen LogP contribution in [0, 0.1) is 18.3 Å². The van der Waals surface area contributed by atoms with Gasteiger partial charge in [-0.15, -0.1) is 6.42 Å². The summed E-state index contributed by atoms with van der Waals surface area (Å²) in [5.74, 6) is 2.54. The molecule has 2 N–H and O–H groups in total. The van der Waals surface area contributed by atoms with Crippen LogP contribution in [0.25, 0.3) is 0 Å². The predicted octanol–water partition coefficient (Wildman–Crippen LogP) is 3.05. The van der Waals surface area contributed by atoms with Crippen molar-refractivity contribution in [2.45, 2.75) is 32.9 Å². The molecule has 0 fully saturated rings. The van der Waals surface area contributed by atoms with E-state index >= 15 is 0 Å². The highest BCUT2D eigenvalue weighted by molar-refractivity contribution is 9.10. The monoisotopic (exact) mass is 353 g/mol.